The topological polar surface area (TPSA) is 46.2 Å². The second kappa shape index (κ2) is 6.12. The van der Waals surface area contributed by atoms with E-state index in [9.17, 15) is 8.42 Å². The van der Waals surface area contributed by atoms with Crippen LogP contribution in [0, 0.1) is 5.92 Å². The van der Waals surface area contributed by atoms with E-state index in [1.807, 2.05) is 0 Å². The van der Waals surface area contributed by atoms with E-state index in [1.54, 1.807) is 6.07 Å². The molecule has 1 aliphatic rings. The lowest BCUT2D eigenvalue weighted by Gasteiger charge is -2.26. The van der Waals surface area contributed by atoms with Crippen LogP contribution in [0.5, 0.6) is 0 Å². The van der Waals surface area contributed by atoms with Crippen LogP contribution in [0.2, 0.25) is 5.02 Å². The van der Waals surface area contributed by atoms with Crippen LogP contribution in [0.15, 0.2) is 27.6 Å². The molecule has 1 aromatic rings. The molecule has 0 aliphatic heterocycles. The van der Waals surface area contributed by atoms with Gasteiger partial charge < -0.3 is 0 Å². The van der Waals surface area contributed by atoms with Gasteiger partial charge in [0.15, 0.2) is 0 Å². The molecule has 1 fully saturated rings. The van der Waals surface area contributed by atoms with Crippen LogP contribution in [-0.2, 0) is 10.0 Å². The van der Waals surface area contributed by atoms with Gasteiger partial charge in [-0.15, -0.1) is 0 Å². The number of halogens is 2. The zero-order valence-corrected chi connectivity index (χ0v) is 13.9. The Bertz CT molecular complexity index is 554. The van der Waals surface area contributed by atoms with Gasteiger partial charge in [-0.2, -0.15) is 0 Å². The Hall–Kier alpha value is -0.100. The molecule has 0 saturated heterocycles. The van der Waals surface area contributed by atoms with Gasteiger partial charge in [0.05, 0.1) is 9.92 Å². The lowest BCUT2D eigenvalue weighted by Crippen LogP contribution is -2.37. The Balaban J connectivity index is 2.11. The minimum Gasteiger partial charge on any atom is -0.208 e. The molecule has 1 aliphatic carbocycles. The summed E-state index contributed by atoms with van der Waals surface area (Å²) < 4.78 is 27.9. The molecule has 1 aromatic carbocycles. The first-order valence-corrected chi connectivity index (χ1v) is 9.01. The van der Waals surface area contributed by atoms with Crippen molar-refractivity contribution in [2.75, 3.05) is 0 Å². The maximum Gasteiger partial charge on any atom is 0.240 e. The second-order valence-electron chi connectivity index (χ2n) is 5.15. The highest BCUT2D eigenvalue weighted by Gasteiger charge is 2.24. The summed E-state index contributed by atoms with van der Waals surface area (Å²) in [6.07, 6.45) is 3.99. The van der Waals surface area contributed by atoms with Gasteiger partial charge in [0, 0.05) is 10.5 Å². The van der Waals surface area contributed by atoms with Gasteiger partial charge in [-0.05, 0) is 65.7 Å². The minimum absolute atomic E-state index is 0.0515. The molecule has 0 radical (unpaired) electrons. The van der Waals surface area contributed by atoms with E-state index in [2.05, 4.69) is 27.6 Å². The van der Waals surface area contributed by atoms with E-state index in [0.29, 0.717) is 15.4 Å². The van der Waals surface area contributed by atoms with Gasteiger partial charge in [0.25, 0.3) is 0 Å². The molecule has 0 atom stereocenters. The molecular weight excluding hydrogens is 350 g/mol. The Morgan fingerprint density at radius 1 is 1.26 bits per heavy atom. The summed E-state index contributed by atoms with van der Waals surface area (Å²) in [4.78, 5) is 0.252. The minimum atomic E-state index is -3.46. The van der Waals surface area contributed by atoms with Crippen molar-refractivity contribution in [3.63, 3.8) is 0 Å². The number of sulfonamides is 1. The van der Waals surface area contributed by atoms with Crippen LogP contribution in [0.1, 0.15) is 32.6 Å². The maximum absolute atomic E-state index is 12.3. The number of hydrogen-bond donors (Lipinski definition) is 1. The summed E-state index contributed by atoms with van der Waals surface area (Å²) in [7, 11) is -3.46. The normalized spacial score (nSPS) is 24.4. The zero-order valence-electron chi connectivity index (χ0n) is 10.7. The molecule has 1 N–H and O–H groups in total. The highest BCUT2D eigenvalue weighted by molar-refractivity contribution is 9.10. The van der Waals surface area contributed by atoms with Crippen molar-refractivity contribution in [3.8, 4) is 0 Å². The molecule has 3 nitrogen and oxygen atoms in total. The molecule has 19 heavy (non-hydrogen) atoms. The third-order valence-corrected chi connectivity index (χ3v) is 6.27. The molecule has 106 valence electrons. The van der Waals surface area contributed by atoms with Crippen molar-refractivity contribution < 1.29 is 8.42 Å². The quantitative estimate of drug-likeness (QED) is 0.880. The number of benzene rings is 1. The monoisotopic (exact) mass is 365 g/mol. The van der Waals surface area contributed by atoms with Gasteiger partial charge >= 0.3 is 0 Å². The number of nitrogens with one attached hydrogen (secondary N) is 1. The number of rotatable bonds is 3. The Morgan fingerprint density at radius 2 is 1.89 bits per heavy atom. The van der Waals surface area contributed by atoms with Crippen LogP contribution in [-0.4, -0.2) is 14.5 Å². The molecule has 0 aromatic heterocycles. The van der Waals surface area contributed by atoms with Crippen LogP contribution in [0.25, 0.3) is 0 Å². The predicted octanol–water partition coefficient (Wildman–Crippen LogP) is 3.96. The summed E-state index contributed by atoms with van der Waals surface area (Å²) in [5.41, 5.74) is 0. The first kappa shape index (κ1) is 15.3. The average Bonchev–Trinajstić information content (AvgIpc) is 2.35. The van der Waals surface area contributed by atoms with Crippen LogP contribution in [0.3, 0.4) is 0 Å². The fraction of sp³-hybridized carbons (Fsp3) is 0.538. The third kappa shape index (κ3) is 3.94. The number of hydrogen-bond acceptors (Lipinski definition) is 2. The highest BCUT2D eigenvalue weighted by atomic mass is 79.9. The van der Waals surface area contributed by atoms with Gasteiger partial charge in [-0.3, -0.25) is 0 Å². The summed E-state index contributed by atoms with van der Waals surface area (Å²) in [5.74, 6) is 0.699. The van der Waals surface area contributed by atoms with Crippen molar-refractivity contribution in [2.45, 2.75) is 43.5 Å². The highest BCUT2D eigenvalue weighted by Crippen LogP contribution is 2.27. The van der Waals surface area contributed by atoms with Crippen molar-refractivity contribution in [2.24, 2.45) is 5.92 Å². The molecule has 6 heteroatoms. The Labute approximate surface area is 127 Å². The summed E-state index contributed by atoms with van der Waals surface area (Å²) in [6.45, 7) is 2.21. The molecule has 0 bridgehead atoms. The first-order chi connectivity index (χ1) is 8.88. The molecule has 0 amide bonds. The standard InChI is InChI=1S/C13H17BrClNO2S/c1-9-2-4-10(5-3-9)16-19(17,18)11-6-7-13(15)12(14)8-11/h6-10,16H,2-5H2,1H3. The molecule has 0 unspecified atom stereocenters. The first-order valence-electron chi connectivity index (χ1n) is 6.36. The van der Waals surface area contributed by atoms with Crippen molar-refractivity contribution in [3.05, 3.63) is 27.7 Å². The molecule has 1 saturated carbocycles. The van der Waals surface area contributed by atoms with E-state index < -0.39 is 10.0 Å². The molecular formula is C13H17BrClNO2S. The SMILES string of the molecule is CC1CCC(NS(=O)(=O)c2ccc(Cl)c(Br)c2)CC1. The fourth-order valence-corrected chi connectivity index (χ4v) is 4.29. The van der Waals surface area contributed by atoms with E-state index in [-0.39, 0.29) is 10.9 Å². The van der Waals surface area contributed by atoms with Crippen molar-refractivity contribution in [1.29, 1.82) is 0 Å². The van der Waals surface area contributed by atoms with E-state index in [1.165, 1.54) is 12.1 Å². The second-order valence-corrected chi connectivity index (χ2v) is 8.13. The van der Waals surface area contributed by atoms with Gasteiger partial charge in [-0.1, -0.05) is 18.5 Å². The van der Waals surface area contributed by atoms with E-state index >= 15 is 0 Å². The van der Waals surface area contributed by atoms with Gasteiger partial charge in [-0.25, -0.2) is 13.1 Å². The molecule has 0 heterocycles. The average molecular weight is 367 g/mol. The fourth-order valence-electron chi connectivity index (χ4n) is 2.31. The van der Waals surface area contributed by atoms with Crippen molar-refractivity contribution in [1.82, 2.24) is 4.72 Å². The lowest BCUT2D eigenvalue weighted by molar-refractivity contribution is 0.332. The van der Waals surface area contributed by atoms with E-state index in [0.717, 1.165) is 25.7 Å². The van der Waals surface area contributed by atoms with Gasteiger partial charge in [0.1, 0.15) is 0 Å². The Morgan fingerprint density at radius 3 is 2.47 bits per heavy atom. The zero-order chi connectivity index (χ0) is 14.0. The largest absolute Gasteiger partial charge is 0.240 e. The van der Waals surface area contributed by atoms with Crippen LogP contribution in [0.4, 0.5) is 0 Å². The summed E-state index contributed by atoms with van der Waals surface area (Å²) in [5, 5.41) is 0.505. The smallest absolute Gasteiger partial charge is 0.208 e. The predicted molar refractivity (Wildman–Crippen MR) is 80.9 cm³/mol. The van der Waals surface area contributed by atoms with Crippen LogP contribution >= 0.6 is 27.5 Å². The van der Waals surface area contributed by atoms with Crippen LogP contribution < -0.4 is 4.72 Å². The lowest BCUT2D eigenvalue weighted by atomic mass is 9.88. The van der Waals surface area contributed by atoms with Gasteiger partial charge in [0.2, 0.25) is 10.0 Å². The summed E-state index contributed by atoms with van der Waals surface area (Å²) >= 11 is 9.12. The molecule has 0 spiro atoms. The van der Waals surface area contributed by atoms with Crippen molar-refractivity contribution >= 4 is 37.6 Å². The van der Waals surface area contributed by atoms with E-state index in [4.69, 9.17) is 11.6 Å². The Kier molecular flexibility index (Phi) is 4.93. The molecule has 2 rings (SSSR count). The maximum atomic E-state index is 12.3. The summed E-state index contributed by atoms with van der Waals surface area (Å²) in [6, 6.07) is 4.70. The third-order valence-electron chi connectivity index (χ3n) is 3.54.